The van der Waals surface area contributed by atoms with E-state index in [1.165, 1.54) is 5.56 Å². The molecule has 1 aliphatic heterocycles. The lowest BCUT2D eigenvalue weighted by Crippen LogP contribution is -2.19. The van der Waals surface area contributed by atoms with Gasteiger partial charge in [0.2, 0.25) is 0 Å². The number of ether oxygens (including phenoxy) is 3. The van der Waals surface area contributed by atoms with Crippen LogP contribution in [0.5, 0.6) is 0 Å². The number of alkyl halides is 1. The summed E-state index contributed by atoms with van der Waals surface area (Å²) < 4.78 is 17.5. The molecule has 3 nitrogen and oxygen atoms in total. The van der Waals surface area contributed by atoms with Gasteiger partial charge in [0.25, 0.3) is 0 Å². The molecular weight excluding hydrogens is 319 g/mol. The average molecular weight is 334 g/mol. The molecule has 1 saturated heterocycles. The Morgan fingerprint density at radius 3 is 2.81 bits per heavy atom. The van der Waals surface area contributed by atoms with Crippen molar-refractivity contribution in [2.75, 3.05) is 17.6 Å². The van der Waals surface area contributed by atoms with E-state index in [-0.39, 0.29) is 12.4 Å². The molecule has 1 fully saturated rings. The van der Waals surface area contributed by atoms with Crippen molar-refractivity contribution in [3.8, 4) is 0 Å². The second kappa shape index (κ2) is 6.54. The highest BCUT2D eigenvalue weighted by atomic mass is 127. The van der Waals surface area contributed by atoms with Gasteiger partial charge in [-0.3, -0.25) is 0 Å². The standard InChI is InChI=1S/C12H15IO3/c13-6-12-15-9-11(16-12)8-14-7-10-4-2-1-3-5-10/h1-5,11-12H,6-9H2/t11-,12-/m0/s1. The second-order valence-corrected chi connectivity index (χ2v) is 4.56. The van der Waals surface area contributed by atoms with E-state index < -0.39 is 0 Å². The van der Waals surface area contributed by atoms with Gasteiger partial charge < -0.3 is 14.2 Å². The fraction of sp³-hybridized carbons (Fsp3) is 0.500. The molecule has 1 aromatic rings. The number of halogens is 1. The molecule has 0 spiro atoms. The van der Waals surface area contributed by atoms with Gasteiger partial charge >= 0.3 is 0 Å². The molecule has 0 N–H and O–H groups in total. The molecule has 1 aromatic carbocycles. The average Bonchev–Trinajstić information content (AvgIpc) is 2.78. The van der Waals surface area contributed by atoms with Gasteiger partial charge in [-0.05, 0) is 5.56 Å². The molecule has 88 valence electrons. The molecule has 0 bridgehead atoms. The van der Waals surface area contributed by atoms with Crippen molar-refractivity contribution in [1.29, 1.82) is 0 Å². The van der Waals surface area contributed by atoms with Gasteiger partial charge in [-0.15, -0.1) is 0 Å². The second-order valence-electron chi connectivity index (χ2n) is 3.68. The van der Waals surface area contributed by atoms with Gasteiger partial charge in [0.15, 0.2) is 6.29 Å². The van der Waals surface area contributed by atoms with Crippen molar-refractivity contribution in [3.05, 3.63) is 35.9 Å². The third-order valence-corrected chi connectivity index (χ3v) is 3.07. The summed E-state index contributed by atoms with van der Waals surface area (Å²) in [5, 5.41) is 0. The quantitative estimate of drug-likeness (QED) is 0.611. The molecule has 0 radical (unpaired) electrons. The first-order chi connectivity index (χ1) is 7.88. The lowest BCUT2D eigenvalue weighted by Gasteiger charge is -2.10. The van der Waals surface area contributed by atoms with Crippen LogP contribution in [-0.2, 0) is 20.8 Å². The van der Waals surface area contributed by atoms with Crippen LogP contribution in [0.2, 0.25) is 0 Å². The van der Waals surface area contributed by atoms with Gasteiger partial charge in [-0.1, -0.05) is 52.9 Å². The first kappa shape index (κ1) is 12.3. The lowest BCUT2D eigenvalue weighted by atomic mass is 10.2. The lowest BCUT2D eigenvalue weighted by molar-refractivity contribution is -0.0550. The highest BCUT2D eigenvalue weighted by Gasteiger charge is 2.24. The van der Waals surface area contributed by atoms with E-state index in [2.05, 4.69) is 34.7 Å². The van der Waals surface area contributed by atoms with Crippen LogP contribution in [0.25, 0.3) is 0 Å². The third-order valence-electron chi connectivity index (χ3n) is 2.35. The summed E-state index contributed by atoms with van der Waals surface area (Å²) in [5.74, 6) is 0. The fourth-order valence-electron chi connectivity index (χ4n) is 1.56. The Kier molecular flexibility index (Phi) is 5.02. The smallest absolute Gasteiger partial charge is 0.167 e. The maximum Gasteiger partial charge on any atom is 0.167 e. The Labute approximate surface area is 109 Å². The normalized spacial score (nSPS) is 24.8. The van der Waals surface area contributed by atoms with E-state index >= 15 is 0 Å². The number of rotatable bonds is 5. The fourth-order valence-corrected chi connectivity index (χ4v) is 2.02. The number of hydrogen-bond acceptors (Lipinski definition) is 3. The van der Waals surface area contributed by atoms with Gasteiger partial charge in [-0.25, -0.2) is 0 Å². The molecule has 0 amide bonds. The Morgan fingerprint density at radius 2 is 2.12 bits per heavy atom. The molecule has 1 aliphatic rings. The highest BCUT2D eigenvalue weighted by Crippen LogP contribution is 2.14. The van der Waals surface area contributed by atoms with Crippen LogP contribution in [0.4, 0.5) is 0 Å². The minimum atomic E-state index is -0.0501. The molecule has 1 heterocycles. The summed E-state index contributed by atoms with van der Waals surface area (Å²) in [4.78, 5) is 0. The van der Waals surface area contributed by atoms with Crippen LogP contribution in [0, 0.1) is 0 Å². The number of hydrogen-bond donors (Lipinski definition) is 0. The van der Waals surface area contributed by atoms with Crippen LogP contribution >= 0.6 is 22.6 Å². The molecule has 2 rings (SSSR count). The summed E-state index contributed by atoms with van der Waals surface area (Å²) in [7, 11) is 0. The van der Waals surface area contributed by atoms with Crippen molar-refractivity contribution in [2.24, 2.45) is 0 Å². The summed E-state index contributed by atoms with van der Waals surface area (Å²) in [5.41, 5.74) is 1.19. The zero-order valence-electron chi connectivity index (χ0n) is 8.97. The third kappa shape index (κ3) is 3.69. The van der Waals surface area contributed by atoms with E-state index in [0.29, 0.717) is 19.8 Å². The summed E-state index contributed by atoms with van der Waals surface area (Å²) >= 11 is 2.26. The van der Waals surface area contributed by atoms with E-state index in [1.807, 2.05) is 18.2 Å². The SMILES string of the molecule is IC[C@H]1OC[C@H](COCc2ccccc2)O1. The maximum atomic E-state index is 5.59. The molecule has 0 aromatic heterocycles. The molecule has 16 heavy (non-hydrogen) atoms. The van der Waals surface area contributed by atoms with Crippen LogP contribution < -0.4 is 0 Å². The van der Waals surface area contributed by atoms with E-state index in [9.17, 15) is 0 Å². The van der Waals surface area contributed by atoms with Crippen LogP contribution in [0.1, 0.15) is 5.56 Å². The molecule has 0 unspecified atom stereocenters. The van der Waals surface area contributed by atoms with Crippen molar-refractivity contribution in [3.63, 3.8) is 0 Å². The Morgan fingerprint density at radius 1 is 1.31 bits per heavy atom. The monoisotopic (exact) mass is 334 g/mol. The van der Waals surface area contributed by atoms with E-state index in [0.717, 1.165) is 4.43 Å². The van der Waals surface area contributed by atoms with Gasteiger partial charge in [-0.2, -0.15) is 0 Å². The van der Waals surface area contributed by atoms with Crippen molar-refractivity contribution < 1.29 is 14.2 Å². The zero-order valence-corrected chi connectivity index (χ0v) is 11.1. The van der Waals surface area contributed by atoms with Crippen LogP contribution in [0.15, 0.2) is 30.3 Å². The topological polar surface area (TPSA) is 27.7 Å². The molecule has 4 heteroatoms. The summed E-state index contributed by atoms with van der Waals surface area (Å²) in [6.45, 7) is 1.88. The predicted molar refractivity (Wildman–Crippen MR) is 69.6 cm³/mol. The Bertz CT molecular complexity index is 304. The minimum absolute atomic E-state index is 0.0501. The van der Waals surface area contributed by atoms with Crippen molar-refractivity contribution >= 4 is 22.6 Å². The maximum absolute atomic E-state index is 5.59. The Balaban J connectivity index is 1.65. The Hall–Kier alpha value is -0.170. The zero-order chi connectivity index (χ0) is 11.2. The molecule has 0 saturated carbocycles. The minimum Gasteiger partial charge on any atom is -0.374 e. The molecular formula is C12H15IO3. The first-order valence-electron chi connectivity index (χ1n) is 5.33. The van der Waals surface area contributed by atoms with Crippen molar-refractivity contribution in [1.82, 2.24) is 0 Å². The first-order valence-corrected chi connectivity index (χ1v) is 6.85. The van der Waals surface area contributed by atoms with E-state index in [4.69, 9.17) is 14.2 Å². The van der Waals surface area contributed by atoms with Gasteiger partial charge in [0, 0.05) is 0 Å². The summed E-state index contributed by atoms with van der Waals surface area (Å²) in [6.07, 6.45) is 0.0365. The van der Waals surface area contributed by atoms with Crippen LogP contribution in [-0.4, -0.2) is 30.0 Å². The van der Waals surface area contributed by atoms with Crippen LogP contribution in [0.3, 0.4) is 0 Å². The van der Waals surface area contributed by atoms with Gasteiger partial charge in [0.1, 0.15) is 6.10 Å². The van der Waals surface area contributed by atoms with Gasteiger partial charge in [0.05, 0.1) is 24.2 Å². The van der Waals surface area contributed by atoms with E-state index in [1.54, 1.807) is 0 Å². The largest absolute Gasteiger partial charge is 0.374 e. The summed E-state index contributed by atoms with van der Waals surface area (Å²) in [6, 6.07) is 10.1. The molecule has 0 aliphatic carbocycles. The van der Waals surface area contributed by atoms with Crippen molar-refractivity contribution in [2.45, 2.75) is 19.0 Å². The molecule has 2 atom stereocenters. The predicted octanol–water partition coefficient (Wildman–Crippen LogP) is 2.38. The number of benzene rings is 1. The highest BCUT2D eigenvalue weighted by molar-refractivity contribution is 14.1.